The zero-order valence-electron chi connectivity index (χ0n) is 28.5. The van der Waals surface area contributed by atoms with Crippen LogP contribution in [0, 0.1) is 0 Å². The van der Waals surface area contributed by atoms with Crippen molar-refractivity contribution >= 4 is 58.7 Å². The van der Waals surface area contributed by atoms with Gasteiger partial charge in [0.05, 0.1) is 19.3 Å². The monoisotopic (exact) mass is 919 g/mol. The molecule has 28 nitrogen and oxygen atoms in total. The van der Waals surface area contributed by atoms with E-state index in [0.29, 0.717) is 45.2 Å². The Bertz CT molecular complexity index is 1780. The summed E-state index contributed by atoms with van der Waals surface area (Å²) in [6.07, 6.45) is 1.09. The van der Waals surface area contributed by atoms with Crippen LogP contribution in [-0.2, 0) is 67.5 Å². The second-order valence-corrected chi connectivity index (χ2v) is 20.6. The van der Waals surface area contributed by atoms with Gasteiger partial charge in [-0.25, -0.2) is 32.2 Å². The molecule has 0 radical (unpaired) electrons. The minimum atomic E-state index is -6.46. The molecule has 0 aliphatic carbocycles. The predicted octanol–water partition coefficient (Wildman–Crippen LogP) is 1.39. The van der Waals surface area contributed by atoms with Crippen LogP contribution in [0.15, 0.2) is 17.1 Å². The van der Waals surface area contributed by atoms with Crippen LogP contribution in [0.1, 0.15) is 64.0 Å². The average Bonchev–Trinajstić information content (AvgIpc) is 3.36. The number of carbonyl (C=O) groups is 1. The van der Waals surface area contributed by atoms with Crippen molar-refractivity contribution < 1.29 is 102 Å². The van der Waals surface area contributed by atoms with Crippen molar-refractivity contribution in [1.29, 1.82) is 0 Å². The van der Waals surface area contributed by atoms with E-state index in [1.165, 1.54) is 12.3 Å². The standard InChI is InChI=1S/C21H43N5O23P6/c22-10-5-3-4-8-19(28)24-11-6-1-2-7-13-42-50(30,31)45-52(34,35)47-54(38,39)49-55(40,41)48-53(36,37)46-51(32,33)43-15-17-16(27)14-20(44-17)26-12-9-18(23)25-21(26)29/h9,12,16-17,20,27H,1-8,10-11,13-15,22H2,(H,24,28)(H,30,31)(H,32,33)(H,34,35)(H,36,37)(H,38,39)(H,40,41)(H2,23,25,29)/t16?,17-,20-/m1/s1. The molecule has 1 saturated heterocycles. The van der Waals surface area contributed by atoms with E-state index >= 15 is 0 Å². The van der Waals surface area contributed by atoms with E-state index in [1.807, 2.05) is 0 Å². The Balaban J connectivity index is 1.79. The maximum absolute atomic E-state index is 12.2. The Morgan fingerprint density at radius 2 is 1.31 bits per heavy atom. The first-order chi connectivity index (χ1) is 25.2. The van der Waals surface area contributed by atoms with E-state index in [1.54, 1.807) is 0 Å². The number of phosphoric acid groups is 6. The highest BCUT2D eigenvalue weighted by molar-refractivity contribution is 7.72. The zero-order chi connectivity index (χ0) is 41.7. The molecule has 7 unspecified atom stereocenters. The van der Waals surface area contributed by atoms with Gasteiger partial charge in [-0.15, -0.1) is 0 Å². The highest BCUT2D eigenvalue weighted by Gasteiger charge is 2.50. The van der Waals surface area contributed by atoms with Crippen molar-refractivity contribution in [3.63, 3.8) is 0 Å². The van der Waals surface area contributed by atoms with Crippen molar-refractivity contribution in [2.24, 2.45) is 5.73 Å². The number of hydrogen-bond acceptors (Lipinski definition) is 20. The van der Waals surface area contributed by atoms with E-state index in [4.69, 9.17) is 16.2 Å². The highest BCUT2D eigenvalue weighted by atomic mass is 31.3. The van der Waals surface area contributed by atoms with Gasteiger partial charge in [-0.2, -0.15) is 26.5 Å². The number of anilines is 1. The summed E-state index contributed by atoms with van der Waals surface area (Å²) in [4.78, 5) is 85.2. The Kier molecular flexibility index (Phi) is 19.8. The third-order valence-corrected chi connectivity index (χ3v) is 15.8. The number of amides is 1. The molecular weight excluding hydrogens is 876 g/mol. The fraction of sp³-hybridized carbons (Fsp3) is 0.762. The number of aliphatic hydroxyl groups is 1. The molecule has 1 aliphatic rings. The van der Waals surface area contributed by atoms with Gasteiger partial charge in [0.1, 0.15) is 18.1 Å². The van der Waals surface area contributed by atoms with Crippen LogP contribution in [0.5, 0.6) is 0 Å². The number of ether oxygens (including phenoxy) is 1. The van der Waals surface area contributed by atoms with Crippen molar-refractivity contribution in [3.05, 3.63) is 22.7 Å². The lowest BCUT2D eigenvalue weighted by molar-refractivity contribution is -0.121. The number of unbranched alkanes of at least 4 members (excludes halogenated alkanes) is 5. The summed E-state index contributed by atoms with van der Waals surface area (Å²) in [7, 11) is -36.7. The number of nitrogen functional groups attached to an aromatic ring is 1. The molecule has 1 fully saturated rings. The molecule has 0 spiro atoms. The summed E-state index contributed by atoms with van der Waals surface area (Å²) in [5.74, 6) is -0.245. The fourth-order valence-corrected chi connectivity index (χ4v) is 12.1. The van der Waals surface area contributed by atoms with Crippen LogP contribution in [0.4, 0.5) is 5.82 Å². The van der Waals surface area contributed by atoms with Gasteiger partial charge in [-0.05, 0) is 38.3 Å². The van der Waals surface area contributed by atoms with Crippen LogP contribution in [-0.4, -0.2) is 88.4 Å². The maximum Gasteiger partial charge on any atom is 0.490 e. The lowest BCUT2D eigenvalue weighted by Gasteiger charge is -2.21. The molecule has 0 bridgehead atoms. The minimum Gasteiger partial charge on any atom is -0.390 e. The smallest absolute Gasteiger partial charge is 0.390 e. The first kappa shape index (κ1) is 50.0. The number of hydrogen-bond donors (Lipinski definition) is 10. The van der Waals surface area contributed by atoms with Gasteiger partial charge in [0.15, 0.2) is 0 Å². The van der Waals surface area contributed by atoms with Crippen molar-refractivity contribution in [1.82, 2.24) is 14.9 Å². The molecule has 55 heavy (non-hydrogen) atoms. The summed E-state index contributed by atoms with van der Waals surface area (Å²) in [6.45, 7) is -0.700. The van der Waals surface area contributed by atoms with Crippen molar-refractivity contribution in [2.45, 2.75) is 76.2 Å². The third kappa shape index (κ3) is 20.4. The number of aliphatic hydroxyl groups excluding tert-OH is 1. The maximum atomic E-state index is 12.2. The number of nitrogens with zero attached hydrogens (tertiary/aromatic N) is 2. The van der Waals surface area contributed by atoms with E-state index in [2.05, 4.69) is 40.9 Å². The first-order valence-corrected chi connectivity index (χ1v) is 24.7. The van der Waals surface area contributed by atoms with E-state index < -0.39 is 84.3 Å². The fourth-order valence-electron chi connectivity index (χ4n) is 4.29. The minimum absolute atomic E-state index is 0.0982. The highest BCUT2D eigenvalue weighted by Crippen LogP contribution is 2.75. The molecule has 1 aromatic rings. The summed E-state index contributed by atoms with van der Waals surface area (Å²) in [5.41, 5.74) is 9.90. The second-order valence-electron chi connectivity index (χ2n) is 11.2. The largest absolute Gasteiger partial charge is 0.490 e. The van der Waals surface area contributed by atoms with Crippen molar-refractivity contribution in [2.75, 3.05) is 32.0 Å². The summed E-state index contributed by atoms with van der Waals surface area (Å²) >= 11 is 0. The lowest BCUT2D eigenvalue weighted by atomic mass is 10.2. The zero-order valence-corrected chi connectivity index (χ0v) is 33.8. The lowest BCUT2D eigenvalue weighted by Crippen LogP contribution is -2.28. The van der Waals surface area contributed by atoms with E-state index in [0.717, 1.165) is 17.4 Å². The SMILES string of the molecule is NCCCCCC(=O)NCCCCCCOP(=O)(O)OP(=O)(O)OP(=O)(O)OP(=O)(O)OP(=O)(O)OP(=O)(O)OC[C@H]1O[C@@H](n2ccc(N)nc2=O)CC1O. The van der Waals surface area contributed by atoms with Crippen molar-refractivity contribution in [3.8, 4) is 0 Å². The summed E-state index contributed by atoms with van der Waals surface area (Å²) in [5, 5.41) is 12.9. The summed E-state index contributed by atoms with van der Waals surface area (Å²) < 4.78 is 106. The molecule has 0 saturated carbocycles. The van der Waals surface area contributed by atoms with Gasteiger partial charge >= 0.3 is 52.6 Å². The number of rotatable bonds is 27. The molecule has 0 aromatic carbocycles. The molecule has 2 rings (SSSR count). The molecule has 1 amide bonds. The predicted molar refractivity (Wildman–Crippen MR) is 183 cm³/mol. The van der Waals surface area contributed by atoms with E-state index in [-0.39, 0.29) is 24.6 Å². The molecule has 1 aromatic heterocycles. The quantitative estimate of drug-likeness (QED) is 0.0440. The number of phosphoric ester groups is 2. The molecular formula is C21H43N5O23P6. The number of carbonyl (C=O) groups excluding carboxylic acids is 1. The summed E-state index contributed by atoms with van der Waals surface area (Å²) in [6, 6.07) is 1.23. The Morgan fingerprint density at radius 3 is 1.85 bits per heavy atom. The molecule has 12 N–H and O–H groups in total. The average molecular weight is 919 g/mol. The molecule has 34 heteroatoms. The van der Waals surface area contributed by atoms with Gasteiger partial charge in [-0.1, -0.05) is 19.3 Å². The third-order valence-electron chi connectivity index (χ3n) is 6.56. The number of nitrogens with two attached hydrogens (primary N) is 2. The van der Waals surface area contributed by atoms with Crippen LogP contribution in [0.25, 0.3) is 0 Å². The Hall–Kier alpha value is -1.11. The molecule has 1 aliphatic heterocycles. The topological polar surface area (TPSA) is 434 Å². The van der Waals surface area contributed by atoms with Crippen LogP contribution >= 0.6 is 46.9 Å². The van der Waals surface area contributed by atoms with Gasteiger partial charge in [0.25, 0.3) is 0 Å². The Morgan fingerprint density at radius 1 is 0.800 bits per heavy atom. The molecule has 320 valence electrons. The number of aromatic nitrogens is 2. The van der Waals surface area contributed by atoms with Gasteiger partial charge in [-0.3, -0.25) is 18.4 Å². The number of nitrogens with one attached hydrogen (secondary N) is 1. The van der Waals surface area contributed by atoms with Crippen LogP contribution in [0.3, 0.4) is 0 Å². The van der Waals surface area contributed by atoms with E-state index in [9.17, 15) is 71.4 Å². The molecule has 2 heterocycles. The van der Waals surface area contributed by atoms with Gasteiger partial charge < -0.3 is 56.0 Å². The Labute approximate surface area is 312 Å². The van der Waals surface area contributed by atoms with Gasteiger partial charge in [0, 0.05) is 25.6 Å². The molecule has 9 atom stereocenters. The first-order valence-electron chi connectivity index (χ1n) is 15.7. The van der Waals surface area contributed by atoms with Crippen LogP contribution < -0.4 is 22.5 Å². The normalized spacial score (nSPS) is 24.0. The second kappa shape index (κ2) is 21.8. The van der Waals surface area contributed by atoms with Gasteiger partial charge in [0.2, 0.25) is 5.91 Å². The van der Waals surface area contributed by atoms with Crippen LogP contribution in [0.2, 0.25) is 0 Å².